The molecule has 15 nitrogen and oxygen atoms in total. The van der Waals surface area contributed by atoms with Crippen LogP contribution in [0.1, 0.15) is 46.6 Å². The van der Waals surface area contributed by atoms with Gasteiger partial charge in [0.25, 0.3) is 5.91 Å². The molecule has 1 aliphatic rings. The van der Waals surface area contributed by atoms with E-state index in [-0.39, 0.29) is 32.8 Å². The number of carbonyl (C=O) groups excluding carboxylic acids is 2. The first-order valence-electron chi connectivity index (χ1n) is 19.2. The fraction of sp³-hybridized carbons (Fsp3) is 0.537. The predicted molar refractivity (Wildman–Crippen MR) is 213 cm³/mol. The van der Waals surface area contributed by atoms with Gasteiger partial charge in [-0.25, -0.2) is 4.79 Å². The number of hydrogen-bond acceptors (Lipinski definition) is 12. The molecule has 1 aliphatic heterocycles. The lowest BCUT2D eigenvalue weighted by atomic mass is 9.99. The van der Waals surface area contributed by atoms with E-state index in [1.54, 1.807) is 42.1 Å². The van der Waals surface area contributed by atoms with E-state index in [0.29, 0.717) is 38.4 Å². The second kappa shape index (κ2) is 25.5. The number of carboxylic acids is 1. The molecule has 1 aromatic heterocycles. The maximum atomic E-state index is 12.3. The number of carbonyl (C=O) groups is 3. The standard InChI is InChI=1S/C41H57N3O12S/c1-29-16-17-32(44(29)18-10-9-15-33(40(49)50)43-35(45)25-42-39(48)31-13-7-4-8-14-31)28-57-24-23-53-20-19-52-21-22-55-38-37(47)36(46)34(56-41(38)51-2)27-54-26-30-11-5-3-6-12-30/h3-8,11-14,16-17,33-34,36-38,41,46-47H,9-10,15,18-28H2,1-2H3,(H,42,48)(H,43,45)(H,49,50)/t33?,34-,36-,37+,38-,41+/m1/s1. The van der Waals surface area contributed by atoms with Crippen molar-refractivity contribution in [3.8, 4) is 0 Å². The number of nitrogens with zero attached hydrogens (tertiary/aromatic N) is 1. The summed E-state index contributed by atoms with van der Waals surface area (Å²) in [6.07, 6.45) is -3.38. The molecular weight excluding hydrogens is 759 g/mol. The van der Waals surface area contributed by atoms with Gasteiger partial charge in [0.15, 0.2) is 6.29 Å². The number of aromatic nitrogens is 1. The lowest BCUT2D eigenvalue weighted by Gasteiger charge is -2.41. The Labute approximate surface area is 338 Å². The van der Waals surface area contributed by atoms with Crippen LogP contribution < -0.4 is 10.6 Å². The number of hydrogen-bond donors (Lipinski definition) is 5. The van der Waals surface area contributed by atoms with E-state index >= 15 is 0 Å². The van der Waals surface area contributed by atoms with Gasteiger partial charge >= 0.3 is 5.97 Å². The summed E-state index contributed by atoms with van der Waals surface area (Å²) >= 11 is 1.75. The van der Waals surface area contributed by atoms with Crippen LogP contribution in [0.25, 0.3) is 0 Å². The number of unbranched alkanes of at least 4 members (excludes halogenated alkanes) is 1. The first-order chi connectivity index (χ1) is 27.7. The summed E-state index contributed by atoms with van der Waals surface area (Å²) in [5.41, 5.74) is 3.70. The molecule has 0 bridgehead atoms. The number of aliphatic hydroxyl groups is 2. The maximum Gasteiger partial charge on any atom is 0.326 e. The fourth-order valence-corrected chi connectivity index (χ4v) is 7.02. The topological polar surface area (TPSA) is 196 Å². The normalized spacial score (nSPS) is 19.9. The molecule has 1 fully saturated rings. The lowest BCUT2D eigenvalue weighted by Crippen LogP contribution is -2.60. The van der Waals surface area contributed by atoms with E-state index in [4.69, 9.17) is 28.4 Å². The van der Waals surface area contributed by atoms with Gasteiger partial charge in [0.1, 0.15) is 30.5 Å². The van der Waals surface area contributed by atoms with E-state index in [1.807, 2.05) is 37.3 Å². The third kappa shape index (κ3) is 15.8. The largest absolute Gasteiger partial charge is 0.480 e. The molecule has 2 aromatic carbocycles. The first kappa shape index (κ1) is 45.9. The zero-order chi connectivity index (χ0) is 40.8. The summed E-state index contributed by atoms with van der Waals surface area (Å²) in [5, 5.41) is 36.0. The number of rotatable bonds is 27. The Hall–Kier alpha value is -3.84. The minimum atomic E-state index is -1.23. The molecule has 314 valence electrons. The van der Waals surface area contributed by atoms with Crippen molar-refractivity contribution >= 4 is 29.5 Å². The van der Waals surface area contributed by atoms with Crippen molar-refractivity contribution in [1.29, 1.82) is 0 Å². The van der Waals surface area contributed by atoms with Crippen molar-refractivity contribution < 1.29 is 58.1 Å². The third-order valence-corrected chi connectivity index (χ3v) is 10.3. The van der Waals surface area contributed by atoms with Crippen LogP contribution in [0.2, 0.25) is 0 Å². The summed E-state index contributed by atoms with van der Waals surface area (Å²) in [6.45, 7) is 4.64. The second-order valence-electron chi connectivity index (χ2n) is 13.5. The van der Waals surface area contributed by atoms with E-state index in [0.717, 1.165) is 35.7 Å². The molecule has 1 saturated heterocycles. The smallest absolute Gasteiger partial charge is 0.326 e. The average molecular weight is 816 g/mol. The van der Waals surface area contributed by atoms with Crippen molar-refractivity contribution in [3.05, 3.63) is 95.3 Å². The van der Waals surface area contributed by atoms with Crippen LogP contribution in [-0.2, 0) is 56.9 Å². The summed E-state index contributed by atoms with van der Waals surface area (Å²) < 4.78 is 36.3. The molecule has 5 N–H and O–H groups in total. The zero-order valence-corrected chi connectivity index (χ0v) is 33.5. The number of thioether (sulfide) groups is 1. The van der Waals surface area contributed by atoms with E-state index in [1.165, 1.54) is 12.8 Å². The Morgan fingerprint density at radius 3 is 2.30 bits per heavy atom. The molecule has 0 saturated carbocycles. The minimum Gasteiger partial charge on any atom is -0.480 e. The number of aryl methyl sites for hydroxylation is 1. The summed E-state index contributed by atoms with van der Waals surface area (Å²) in [5.74, 6) is -0.487. The Bertz CT molecular complexity index is 1610. The number of aliphatic hydroxyl groups excluding tert-OH is 2. The number of benzene rings is 2. The quantitative estimate of drug-likeness (QED) is 0.0706. The third-order valence-electron chi connectivity index (χ3n) is 9.30. The van der Waals surface area contributed by atoms with Gasteiger partial charge in [0.2, 0.25) is 5.91 Å². The molecule has 2 heterocycles. The molecule has 0 aliphatic carbocycles. The minimum absolute atomic E-state index is 0.0825. The highest BCUT2D eigenvalue weighted by Crippen LogP contribution is 2.25. The molecule has 57 heavy (non-hydrogen) atoms. The lowest BCUT2D eigenvalue weighted by molar-refractivity contribution is -0.306. The van der Waals surface area contributed by atoms with E-state index in [2.05, 4.69) is 27.3 Å². The number of amides is 2. The number of ether oxygens (including phenoxy) is 6. The SMILES string of the molecule is CO[C@H]1O[C@H](COCc2ccccc2)[C@@H](O)[C@H](O)[C@H]1OCCOCCOCCSCc1ccc(C)n1CCCCC(NC(=O)CNC(=O)c1ccccc1)C(=O)O. The highest BCUT2D eigenvalue weighted by Gasteiger charge is 2.45. The van der Waals surface area contributed by atoms with Gasteiger partial charge in [-0.2, -0.15) is 11.8 Å². The van der Waals surface area contributed by atoms with Crippen LogP contribution in [0.4, 0.5) is 0 Å². The van der Waals surface area contributed by atoms with Crippen molar-refractivity contribution in [2.45, 2.75) is 81.8 Å². The number of carboxylic acid groups (broad SMARTS) is 1. The average Bonchev–Trinajstić information content (AvgIpc) is 3.57. The summed E-state index contributed by atoms with van der Waals surface area (Å²) in [6, 6.07) is 21.2. The zero-order valence-electron chi connectivity index (χ0n) is 32.7. The van der Waals surface area contributed by atoms with Crippen molar-refractivity contribution in [3.63, 3.8) is 0 Å². The number of nitrogens with one attached hydrogen (secondary N) is 2. The summed E-state index contributed by atoms with van der Waals surface area (Å²) in [4.78, 5) is 36.3. The highest BCUT2D eigenvalue weighted by molar-refractivity contribution is 7.98. The molecule has 3 aromatic rings. The Kier molecular flexibility index (Phi) is 20.5. The van der Waals surface area contributed by atoms with Gasteiger partial charge < -0.3 is 58.9 Å². The van der Waals surface area contributed by atoms with Crippen LogP contribution in [0.15, 0.2) is 72.8 Å². The van der Waals surface area contributed by atoms with Crippen LogP contribution in [0.5, 0.6) is 0 Å². The summed E-state index contributed by atoms with van der Waals surface area (Å²) in [7, 11) is 1.45. The van der Waals surface area contributed by atoms with Gasteiger partial charge in [0.05, 0.1) is 52.8 Å². The number of methoxy groups -OCH3 is 1. The molecular formula is C41H57N3O12S. The number of aliphatic carboxylic acids is 1. The Morgan fingerprint density at radius 1 is 0.877 bits per heavy atom. The Morgan fingerprint density at radius 2 is 1.58 bits per heavy atom. The van der Waals surface area contributed by atoms with Crippen LogP contribution in [-0.4, -0.2) is 133 Å². The molecule has 6 atom stereocenters. The molecule has 2 amide bonds. The van der Waals surface area contributed by atoms with Crippen molar-refractivity contribution in [2.24, 2.45) is 0 Å². The van der Waals surface area contributed by atoms with Crippen molar-refractivity contribution in [1.82, 2.24) is 15.2 Å². The van der Waals surface area contributed by atoms with Crippen LogP contribution >= 0.6 is 11.8 Å². The van der Waals surface area contributed by atoms with E-state index < -0.39 is 54.5 Å². The Balaban J connectivity index is 1.02. The van der Waals surface area contributed by atoms with Crippen LogP contribution in [0.3, 0.4) is 0 Å². The molecule has 1 unspecified atom stereocenters. The second-order valence-corrected chi connectivity index (χ2v) is 14.6. The molecule has 4 rings (SSSR count). The van der Waals surface area contributed by atoms with Gasteiger partial charge in [-0.1, -0.05) is 48.5 Å². The molecule has 0 spiro atoms. The molecule has 0 radical (unpaired) electrons. The molecule has 16 heteroatoms. The predicted octanol–water partition coefficient (Wildman–Crippen LogP) is 2.93. The van der Waals surface area contributed by atoms with Gasteiger partial charge in [-0.15, -0.1) is 0 Å². The van der Waals surface area contributed by atoms with Crippen LogP contribution in [0, 0.1) is 6.92 Å². The van der Waals surface area contributed by atoms with Crippen molar-refractivity contribution in [2.75, 3.05) is 59.0 Å². The van der Waals surface area contributed by atoms with E-state index in [9.17, 15) is 29.7 Å². The maximum absolute atomic E-state index is 12.3. The monoisotopic (exact) mass is 815 g/mol. The first-order valence-corrected chi connectivity index (χ1v) is 20.3. The highest BCUT2D eigenvalue weighted by atomic mass is 32.2. The van der Waals surface area contributed by atoms with Gasteiger partial charge in [0, 0.05) is 42.1 Å². The fourth-order valence-electron chi connectivity index (χ4n) is 6.18. The van der Waals surface area contributed by atoms with Gasteiger partial charge in [-0.05, 0) is 56.0 Å². The van der Waals surface area contributed by atoms with Gasteiger partial charge in [-0.3, -0.25) is 9.59 Å².